The van der Waals surface area contributed by atoms with Crippen LogP contribution in [-0.4, -0.2) is 22.3 Å². The standard InChI is InChI=1S/C11H14O2S.CH2O/c1-8(14-9(2)12)7-10-5-3-4-6-11(10)13;1-2/h3-6,8,13H,7H2,1-2H3;1H2. The molecule has 1 aromatic rings. The van der Waals surface area contributed by atoms with Gasteiger partial charge >= 0.3 is 0 Å². The molecule has 88 valence electrons. The molecule has 0 spiro atoms. The number of rotatable bonds is 3. The minimum atomic E-state index is 0.118. The fraction of sp³-hybridized carbons (Fsp3) is 0.333. The summed E-state index contributed by atoms with van der Waals surface area (Å²) < 4.78 is 0. The van der Waals surface area contributed by atoms with Crippen molar-refractivity contribution in [3.05, 3.63) is 29.8 Å². The Labute approximate surface area is 99.9 Å². The monoisotopic (exact) mass is 240 g/mol. The molecule has 0 bridgehead atoms. The van der Waals surface area contributed by atoms with E-state index in [9.17, 15) is 9.90 Å². The SMILES string of the molecule is C=O.CC(=O)SC(C)Cc1ccccc1O. The van der Waals surface area contributed by atoms with Gasteiger partial charge in [-0.15, -0.1) is 0 Å². The smallest absolute Gasteiger partial charge is 0.186 e. The lowest BCUT2D eigenvalue weighted by Gasteiger charge is -2.09. The second-order valence-corrected chi connectivity index (χ2v) is 4.87. The Morgan fingerprint density at radius 3 is 2.50 bits per heavy atom. The minimum Gasteiger partial charge on any atom is -0.508 e. The molecule has 3 nitrogen and oxygen atoms in total. The van der Waals surface area contributed by atoms with E-state index in [-0.39, 0.29) is 10.4 Å². The maximum atomic E-state index is 10.8. The first-order valence-corrected chi connectivity index (χ1v) is 5.70. The summed E-state index contributed by atoms with van der Waals surface area (Å²) in [6.45, 7) is 5.55. The van der Waals surface area contributed by atoms with Crippen molar-refractivity contribution in [1.82, 2.24) is 0 Å². The van der Waals surface area contributed by atoms with Gasteiger partial charge in [-0.2, -0.15) is 0 Å². The van der Waals surface area contributed by atoms with E-state index in [2.05, 4.69) is 0 Å². The summed E-state index contributed by atoms with van der Waals surface area (Å²) in [5, 5.41) is 9.83. The van der Waals surface area contributed by atoms with E-state index >= 15 is 0 Å². The van der Waals surface area contributed by atoms with Gasteiger partial charge in [-0.3, -0.25) is 4.79 Å². The topological polar surface area (TPSA) is 54.4 Å². The zero-order valence-corrected chi connectivity index (χ0v) is 10.3. The van der Waals surface area contributed by atoms with Gasteiger partial charge in [0.1, 0.15) is 12.5 Å². The van der Waals surface area contributed by atoms with Crippen LogP contribution in [0.5, 0.6) is 5.75 Å². The zero-order valence-electron chi connectivity index (χ0n) is 9.47. The van der Waals surface area contributed by atoms with Crippen molar-refractivity contribution in [3.63, 3.8) is 0 Å². The highest BCUT2D eigenvalue weighted by molar-refractivity contribution is 8.14. The molecule has 1 unspecified atom stereocenters. The first kappa shape index (κ1) is 14.7. The van der Waals surface area contributed by atoms with Crippen molar-refractivity contribution < 1.29 is 14.7 Å². The van der Waals surface area contributed by atoms with Crippen LogP contribution in [0.2, 0.25) is 0 Å². The highest BCUT2D eigenvalue weighted by Gasteiger charge is 2.09. The molecule has 16 heavy (non-hydrogen) atoms. The van der Waals surface area contributed by atoms with Crippen molar-refractivity contribution in [2.45, 2.75) is 25.5 Å². The second kappa shape index (κ2) is 7.93. The molecule has 0 aliphatic heterocycles. The summed E-state index contributed by atoms with van der Waals surface area (Å²) in [4.78, 5) is 18.8. The normalized spacial score (nSPS) is 11.1. The van der Waals surface area contributed by atoms with Crippen molar-refractivity contribution in [2.24, 2.45) is 0 Å². The van der Waals surface area contributed by atoms with Gasteiger partial charge in [0.15, 0.2) is 5.12 Å². The fourth-order valence-electron chi connectivity index (χ4n) is 1.32. The quantitative estimate of drug-likeness (QED) is 0.881. The van der Waals surface area contributed by atoms with Crippen LogP contribution in [0.1, 0.15) is 19.4 Å². The lowest BCUT2D eigenvalue weighted by molar-refractivity contribution is -0.109. The summed E-state index contributed by atoms with van der Waals surface area (Å²) in [6.07, 6.45) is 0.719. The predicted octanol–water partition coefficient (Wildman–Crippen LogP) is 2.42. The van der Waals surface area contributed by atoms with Gasteiger partial charge in [-0.1, -0.05) is 36.9 Å². The number of benzene rings is 1. The van der Waals surface area contributed by atoms with Gasteiger partial charge in [0.2, 0.25) is 0 Å². The van der Waals surface area contributed by atoms with Crippen LogP contribution in [0.25, 0.3) is 0 Å². The number of carbonyl (C=O) groups excluding carboxylic acids is 2. The average molecular weight is 240 g/mol. The number of phenols is 1. The van der Waals surface area contributed by atoms with Crippen LogP contribution < -0.4 is 0 Å². The van der Waals surface area contributed by atoms with Crippen LogP contribution >= 0.6 is 11.8 Å². The Hall–Kier alpha value is -1.29. The summed E-state index contributed by atoms with van der Waals surface area (Å²) in [6, 6.07) is 7.23. The number of thioether (sulfide) groups is 1. The maximum Gasteiger partial charge on any atom is 0.186 e. The van der Waals surface area contributed by atoms with Crippen LogP contribution in [0.15, 0.2) is 24.3 Å². The van der Waals surface area contributed by atoms with E-state index in [0.717, 1.165) is 12.0 Å². The van der Waals surface area contributed by atoms with Crippen LogP contribution in [-0.2, 0) is 16.0 Å². The maximum absolute atomic E-state index is 10.8. The molecule has 0 aliphatic rings. The third-order valence-electron chi connectivity index (χ3n) is 1.87. The van der Waals surface area contributed by atoms with E-state index in [1.807, 2.05) is 25.8 Å². The average Bonchev–Trinajstić information content (AvgIpc) is 2.23. The number of hydrogen-bond acceptors (Lipinski definition) is 4. The third-order valence-corrected chi connectivity index (χ3v) is 2.77. The van der Waals surface area contributed by atoms with Crippen LogP contribution in [0, 0.1) is 0 Å². The minimum absolute atomic E-state index is 0.118. The van der Waals surface area contributed by atoms with Gasteiger partial charge < -0.3 is 9.90 Å². The van der Waals surface area contributed by atoms with E-state index in [0.29, 0.717) is 5.75 Å². The number of hydrogen-bond donors (Lipinski definition) is 1. The third kappa shape index (κ3) is 5.56. The molecule has 0 aromatic heterocycles. The molecule has 1 atom stereocenters. The Morgan fingerprint density at radius 1 is 1.44 bits per heavy atom. The first-order valence-electron chi connectivity index (χ1n) is 4.82. The summed E-state index contributed by atoms with van der Waals surface area (Å²) in [5.41, 5.74) is 0.897. The predicted molar refractivity (Wildman–Crippen MR) is 66.7 cm³/mol. The lowest BCUT2D eigenvalue weighted by Crippen LogP contribution is -2.04. The molecule has 0 amide bonds. The summed E-state index contributed by atoms with van der Waals surface area (Å²) >= 11 is 1.31. The van der Waals surface area contributed by atoms with E-state index in [1.165, 1.54) is 11.8 Å². The Balaban J connectivity index is 0.00000106. The molecule has 0 heterocycles. The zero-order chi connectivity index (χ0) is 12.6. The molecule has 0 saturated carbocycles. The number of phenolic OH excluding ortho intramolecular Hbond substituents is 1. The molecular formula is C12H16O3S. The van der Waals surface area contributed by atoms with Crippen LogP contribution in [0.4, 0.5) is 0 Å². The largest absolute Gasteiger partial charge is 0.508 e. The number of aromatic hydroxyl groups is 1. The Morgan fingerprint density at radius 2 is 2.00 bits per heavy atom. The summed E-state index contributed by atoms with van der Waals surface area (Å²) in [5.74, 6) is 0.309. The van der Waals surface area contributed by atoms with E-state index in [1.54, 1.807) is 19.1 Å². The van der Waals surface area contributed by atoms with E-state index in [4.69, 9.17) is 4.79 Å². The van der Waals surface area contributed by atoms with Gasteiger partial charge in [-0.05, 0) is 18.1 Å². The highest BCUT2D eigenvalue weighted by atomic mass is 32.2. The van der Waals surface area contributed by atoms with Crippen molar-refractivity contribution in [1.29, 1.82) is 0 Å². The van der Waals surface area contributed by atoms with Crippen LogP contribution in [0.3, 0.4) is 0 Å². The van der Waals surface area contributed by atoms with Crippen molar-refractivity contribution in [3.8, 4) is 5.75 Å². The fourth-order valence-corrected chi connectivity index (χ4v) is 2.15. The Bertz CT molecular complexity index is 339. The van der Waals surface area contributed by atoms with Gasteiger partial charge in [-0.25, -0.2) is 0 Å². The molecular weight excluding hydrogens is 224 g/mol. The molecule has 0 saturated heterocycles. The number of para-hydroxylation sites is 1. The number of carbonyl (C=O) groups is 2. The van der Waals surface area contributed by atoms with Gasteiger partial charge in [0.05, 0.1) is 0 Å². The first-order chi connectivity index (χ1) is 7.59. The summed E-state index contributed by atoms with van der Waals surface area (Å²) in [7, 11) is 0. The lowest BCUT2D eigenvalue weighted by atomic mass is 10.1. The molecule has 0 radical (unpaired) electrons. The molecule has 1 aromatic carbocycles. The van der Waals surface area contributed by atoms with Crippen molar-refractivity contribution in [2.75, 3.05) is 0 Å². The highest BCUT2D eigenvalue weighted by Crippen LogP contribution is 2.22. The van der Waals surface area contributed by atoms with Gasteiger partial charge in [0.25, 0.3) is 0 Å². The Kier molecular flexibility index (Phi) is 7.29. The van der Waals surface area contributed by atoms with E-state index < -0.39 is 0 Å². The molecule has 1 N–H and O–H groups in total. The molecule has 0 aliphatic carbocycles. The second-order valence-electron chi connectivity index (χ2n) is 3.25. The molecule has 1 rings (SSSR count). The molecule has 0 fully saturated rings. The molecule has 4 heteroatoms. The van der Waals surface area contributed by atoms with Crippen molar-refractivity contribution >= 4 is 23.7 Å². The van der Waals surface area contributed by atoms with Gasteiger partial charge in [0, 0.05) is 12.2 Å².